The fraction of sp³-hybridized carbons (Fsp3) is 0.0588. The van der Waals surface area contributed by atoms with Crippen molar-refractivity contribution in [1.82, 2.24) is 4.98 Å². The molecule has 108 valence electrons. The van der Waals surface area contributed by atoms with Crippen LogP contribution in [0.4, 0.5) is 17.1 Å². The number of nitrogens with zero attached hydrogens (tertiary/aromatic N) is 2. The maximum atomic E-state index is 8.71. The van der Waals surface area contributed by atoms with Gasteiger partial charge in [-0.15, -0.1) is 0 Å². The van der Waals surface area contributed by atoms with Gasteiger partial charge in [-0.1, -0.05) is 28.1 Å². The molecule has 1 aromatic heterocycles. The molecule has 3 rings (SSSR count). The summed E-state index contributed by atoms with van der Waals surface area (Å²) in [6, 6.07) is 15.8. The fourth-order valence-corrected chi connectivity index (χ4v) is 2.62. The maximum absolute atomic E-state index is 8.71. The van der Waals surface area contributed by atoms with Crippen LogP contribution in [0.15, 0.2) is 53.1 Å². The Kier molecular flexibility index (Phi) is 3.94. The third-order valence-corrected chi connectivity index (χ3v) is 3.86. The number of hydrogen-bond donors (Lipinski definition) is 2. The van der Waals surface area contributed by atoms with Crippen molar-refractivity contribution < 1.29 is 0 Å². The minimum Gasteiger partial charge on any atom is -0.396 e. The van der Waals surface area contributed by atoms with Crippen molar-refractivity contribution in [2.45, 2.75) is 6.42 Å². The van der Waals surface area contributed by atoms with Gasteiger partial charge < -0.3 is 11.1 Å². The molecule has 0 fully saturated rings. The number of anilines is 3. The predicted octanol–water partition coefficient (Wildman–Crippen LogP) is 4.39. The van der Waals surface area contributed by atoms with E-state index in [1.54, 1.807) is 6.20 Å². The quantitative estimate of drug-likeness (QED) is 0.732. The summed E-state index contributed by atoms with van der Waals surface area (Å²) in [5.74, 6) is 0. The smallest absolute Gasteiger partial charge is 0.0746 e. The van der Waals surface area contributed by atoms with Crippen LogP contribution in [-0.4, -0.2) is 4.98 Å². The van der Waals surface area contributed by atoms with Gasteiger partial charge in [0.15, 0.2) is 0 Å². The Morgan fingerprint density at radius 3 is 2.68 bits per heavy atom. The first kappa shape index (κ1) is 14.4. The molecule has 0 aliphatic heterocycles. The van der Waals surface area contributed by atoms with Gasteiger partial charge in [-0.2, -0.15) is 5.26 Å². The summed E-state index contributed by atoms with van der Waals surface area (Å²) in [5, 5.41) is 13.0. The highest BCUT2D eigenvalue weighted by atomic mass is 79.9. The molecule has 3 N–H and O–H groups in total. The molecule has 0 aliphatic carbocycles. The van der Waals surface area contributed by atoms with Gasteiger partial charge in [0.1, 0.15) is 0 Å². The lowest BCUT2D eigenvalue weighted by molar-refractivity contribution is 1.26. The first-order valence-electron chi connectivity index (χ1n) is 6.74. The van der Waals surface area contributed by atoms with Crippen LogP contribution in [0.1, 0.15) is 5.56 Å². The average Bonchev–Trinajstić information content (AvgIpc) is 2.52. The van der Waals surface area contributed by atoms with E-state index in [2.05, 4.69) is 32.3 Å². The number of hydrogen-bond acceptors (Lipinski definition) is 4. The maximum Gasteiger partial charge on any atom is 0.0746 e. The molecule has 2 aromatic carbocycles. The topological polar surface area (TPSA) is 74.7 Å². The molecular weight excluding hydrogens is 340 g/mol. The third-order valence-electron chi connectivity index (χ3n) is 3.37. The number of fused-ring (bicyclic) bond motifs is 1. The van der Waals surface area contributed by atoms with Gasteiger partial charge >= 0.3 is 0 Å². The van der Waals surface area contributed by atoms with E-state index in [-0.39, 0.29) is 0 Å². The summed E-state index contributed by atoms with van der Waals surface area (Å²) in [6.45, 7) is 0. The minimum absolute atomic E-state index is 0.410. The Hall–Kier alpha value is -2.58. The molecule has 0 unspecified atom stereocenters. The predicted molar refractivity (Wildman–Crippen MR) is 92.9 cm³/mol. The van der Waals surface area contributed by atoms with Crippen molar-refractivity contribution in [2.75, 3.05) is 11.1 Å². The summed E-state index contributed by atoms with van der Waals surface area (Å²) >= 11 is 3.48. The zero-order valence-electron chi connectivity index (χ0n) is 11.7. The summed E-state index contributed by atoms with van der Waals surface area (Å²) < 4.78 is 0.972. The van der Waals surface area contributed by atoms with Crippen LogP contribution in [-0.2, 0) is 6.42 Å². The molecule has 0 atom stereocenters. The molecule has 1 heterocycles. The second-order valence-corrected chi connectivity index (χ2v) is 5.82. The summed E-state index contributed by atoms with van der Waals surface area (Å²) in [7, 11) is 0. The lowest BCUT2D eigenvalue weighted by Crippen LogP contribution is -1.99. The molecule has 3 aromatic rings. The molecule has 0 spiro atoms. The van der Waals surface area contributed by atoms with Gasteiger partial charge in [0.05, 0.1) is 35.6 Å². The summed E-state index contributed by atoms with van der Waals surface area (Å²) in [5.41, 5.74) is 10.3. The zero-order chi connectivity index (χ0) is 15.5. The van der Waals surface area contributed by atoms with Crippen molar-refractivity contribution in [2.24, 2.45) is 0 Å². The number of rotatable bonds is 3. The van der Waals surface area contributed by atoms with E-state index in [0.717, 1.165) is 32.3 Å². The number of nitrogens with two attached hydrogens (primary N) is 1. The van der Waals surface area contributed by atoms with Gasteiger partial charge in [0.25, 0.3) is 0 Å². The second-order valence-electron chi connectivity index (χ2n) is 4.91. The van der Waals surface area contributed by atoms with Crippen LogP contribution in [0.2, 0.25) is 0 Å². The number of nitrogen functional groups attached to an aromatic ring is 1. The molecule has 22 heavy (non-hydrogen) atoms. The fourth-order valence-electron chi connectivity index (χ4n) is 2.26. The number of nitrogens with one attached hydrogen (secondary N) is 1. The summed E-state index contributed by atoms with van der Waals surface area (Å²) in [4.78, 5) is 4.34. The first-order chi connectivity index (χ1) is 10.7. The van der Waals surface area contributed by atoms with E-state index >= 15 is 0 Å². The lowest BCUT2D eigenvalue weighted by Gasteiger charge is -2.13. The molecule has 0 amide bonds. The average molecular weight is 353 g/mol. The number of nitriles is 1. The number of benzene rings is 2. The Labute approximate surface area is 136 Å². The van der Waals surface area contributed by atoms with Gasteiger partial charge in [-0.05, 0) is 35.9 Å². The Bertz CT molecular complexity index is 861. The first-order valence-corrected chi connectivity index (χ1v) is 7.53. The van der Waals surface area contributed by atoms with E-state index in [0.29, 0.717) is 12.1 Å². The summed E-state index contributed by atoms with van der Waals surface area (Å²) in [6.07, 6.45) is 2.07. The van der Waals surface area contributed by atoms with Crippen LogP contribution in [0.25, 0.3) is 10.9 Å². The standard InChI is InChI=1S/C17H13BrN4/c18-12-3-6-16-14(9-12)17(15(20)10-21-16)22-13-4-1-11(2-5-13)7-8-19/h1-6,9-10H,7,20H2,(H,21,22). The van der Waals surface area contributed by atoms with E-state index in [9.17, 15) is 0 Å². The number of pyridine rings is 1. The second kappa shape index (κ2) is 6.04. The molecule has 5 heteroatoms. The highest BCUT2D eigenvalue weighted by Gasteiger charge is 2.08. The van der Waals surface area contributed by atoms with Crippen LogP contribution in [0.5, 0.6) is 0 Å². The van der Waals surface area contributed by atoms with Gasteiger partial charge in [-0.25, -0.2) is 0 Å². The molecule has 0 bridgehead atoms. The van der Waals surface area contributed by atoms with E-state index < -0.39 is 0 Å². The Morgan fingerprint density at radius 2 is 1.95 bits per heavy atom. The van der Waals surface area contributed by atoms with Crippen molar-refractivity contribution in [1.29, 1.82) is 5.26 Å². The molecular formula is C17H13BrN4. The van der Waals surface area contributed by atoms with Crippen LogP contribution < -0.4 is 11.1 Å². The van der Waals surface area contributed by atoms with Gasteiger partial charge in [-0.3, -0.25) is 4.98 Å². The zero-order valence-corrected chi connectivity index (χ0v) is 13.3. The highest BCUT2D eigenvalue weighted by Crippen LogP contribution is 2.32. The van der Waals surface area contributed by atoms with Crippen molar-refractivity contribution >= 4 is 43.9 Å². The van der Waals surface area contributed by atoms with E-state index in [1.165, 1.54) is 0 Å². The Balaban J connectivity index is 2.01. The molecule has 0 aliphatic rings. The van der Waals surface area contributed by atoms with E-state index in [4.69, 9.17) is 11.0 Å². The van der Waals surface area contributed by atoms with Gasteiger partial charge in [0.2, 0.25) is 0 Å². The number of aromatic nitrogens is 1. The van der Waals surface area contributed by atoms with Crippen molar-refractivity contribution in [3.05, 3.63) is 58.7 Å². The molecule has 0 radical (unpaired) electrons. The molecule has 0 saturated heterocycles. The normalized spacial score (nSPS) is 10.4. The van der Waals surface area contributed by atoms with Crippen molar-refractivity contribution in [3.8, 4) is 6.07 Å². The molecule has 4 nitrogen and oxygen atoms in total. The van der Waals surface area contributed by atoms with Crippen LogP contribution >= 0.6 is 15.9 Å². The van der Waals surface area contributed by atoms with Gasteiger partial charge in [0, 0.05) is 15.5 Å². The SMILES string of the molecule is N#CCc1ccc(Nc2c(N)cnc3ccc(Br)cc23)cc1. The highest BCUT2D eigenvalue weighted by molar-refractivity contribution is 9.10. The number of halogens is 1. The minimum atomic E-state index is 0.410. The van der Waals surface area contributed by atoms with Crippen LogP contribution in [0.3, 0.4) is 0 Å². The van der Waals surface area contributed by atoms with E-state index in [1.807, 2.05) is 42.5 Å². The largest absolute Gasteiger partial charge is 0.396 e. The Morgan fingerprint density at radius 1 is 1.18 bits per heavy atom. The molecule has 0 saturated carbocycles. The monoisotopic (exact) mass is 352 g/mol. The van der Waals surface area contributed by atoms with Crippen LogP contribution in [0, 0.1) is 11.3 Å². The third kappa shape index (κ3) is 2.87. The lowest BCUT2D eigenvalue weighted by atomic mass is 10.1. The van der Waals surface area contributed by atoms with Crippen molar-refractivity contribution in [3.63, 3.8) is 0 Å².